The molecule has 1 aliphatic heterocycles. The molecule has 0 radical (unpaired) electrons. The summed E-state index contributed by atoms with van der Waals surface area (Å²) in [6, 6.07) is 0. The zero-order valence-electron chi connectivity index (χ0n) is 10.1. The Bertz CT molecular complexity index is 145. The van der Waals surface area contributed by atoms with Crippen LogP contribution in [0.4, 0.5) is 0 Å². The third-order valence-corrected chi connectivity index (χ3v) is 3.18. The number of piperazine rings is 1. The Morgan fingerprint density at radius 1 is 0.867 bits per heavy atom. The molecule has 0 bridgehead atoms. The standard InChI is InChI=1S/C12H26N2O/c1-2-3-6-13-8-10-14(11-9-13)7-4-5-12-15/h15H,2-12H2,1H3. The molecule has 1 aliphatic rings. The van der Waals surface area contributed by atoms with E-state index in [1.54, 1.807) is 0 Å². The quantitative estimate of drug-likeness (QED) is 0.645. The third-order valence-electron chi connectivity index (χ3n) is 3.18. The van der Waals surface area contributed by atoms with Gasteiger partial charge in [-0.2, -0.15) is 0 Å². The first-order valence-electron chi connectivity index (χ1n) is 6.42. The minimum Gasteiger partial charge on any atom is -0.396 e. The van der Waals surface area contributed by atoms with Crippen LogP contribution in [0.2, 0.25) is 0 Å². The molecule has 1 rings (SSSR count). The van der Waals surface area contributed by atoms with Gasteiger partial charge in [0.2, 0.25) is 0 Å². The summed E-state index contributed by atoms with van der Waals surface area (Å²) in [4.78, 5) is 5.10. The molecule has 0 atom stereocenters. The van der Waals surface area contributed by atoms with Crippen molar-refractivity contribution in [2.24, 2.45) is 0 Å². The molecule has 0 aliphatic carbocycles. The molecule has 90 valence electrons. The summed E-state index contributed by atoms with van der Waals surface area (Å²) >= 11 is 0. The van der Waals surface area contributed by atoms with Gasteiger partial charge in [0.1, 0.15) is 0 Å². The topological polar surface area (TPSA) is 26.7 Å². The largest absolute Gasteiger partial charge is 0.396 e. The minimum absolute atomic E-state index is 0.344. The molecule has 1 N–H and O–H groups in total. The van der Waals surface area contributed by atoms with Crippen LogP contribution in [0.5, 0.6) is 0 Å². The van der Waals surface area contributed by atoms with Crippen LogP contribution in [0.25, 0.3) is 0 Å². The molecule has 15 heavy (non-hydrogen) atoms. The monoisotopic (exact) mass is 214 g/mol. The van der Waals surface area contributed by atoms with Gasteiger partial charge in [-0.3, -0.25) is 0 Å². The van der Waals surface area contributed by atoms with Gasteiger partial charge in [0.15, 0.2) is 0 Å². The Hall–Kier alpha value is -0.120. The van der Waals surface area contributed by atoms with E-state index in [4.69, 9.17) is 5.11 Å². The van der Waals surface area contributed by atoms with Crippen molar-refractivity contribution >= 4 is 0 Å². The molecule has 3 heteroatoms. The third kappa shape index (κ3) is 5.50. The molecule has 1 heterocycles. The van der Waals surface area contributed by atoms with Gasteiger partial charge in [0, 0.05) is 32.8 Å². The number of rotatable bonds is 7. The lowest BCUT2D eigenvalue weighted by Gasteiger charge is -2.34. The molecule has 0 aromatic carbocycles. The van der Waals surface area contributed by atoms with E-state index < -0.39 is 0 Å². The van der Waals surface area contributed by atoms with E-state index >= 15 is 0 Å². The van der Waals surface area contributed by atoms with Crippen LogP contribution in [0.3, 0.4) is 0 Å². The number of hydrogen-bond acceptors (Lipinski definition) is 3. The molecular weight excluding hydrogens is 188 g/mol. The highest BCUT2D eigenvalue weighted by atomic mass is 16.2. The molecule has 0 aromatic heterocycles. The van der Waals surface area contributed by atoms with Crippen molar-refractivity contribution < 1.29 is 5.11 Å². The van der Waals surface area contributed by atoms with Crippen LogP contribution in [0, 0.1) is 0 Å². The number of hydrogen-bond donors (Lipinski definition) is 1. The van der Waals surface area contributed by atoms with Gasteiger partial charge in [-0.05, 0) is 32.4 Å². The number of nitrogens with zero attached hydrogens (tertiary/aromatic N) is 2. The average molecular weight is 214 g/mol. The Labute approximate surface area is 94.1 Å². The zero-order chi connectivity index (χ0) is 10.9. The van der Waals surface area contributed by atoms with E-state index in [1.165, 1.54) is 52.1 Å². The number of aliphatic hydroxyl groups is 1. The highest BCUT2D eigenvalue weighted by molar-refractivity contribution is 4.71. The molecule has 0 spiro atoms. The second kappa shape index (κ2) is 8.08. The van der Waals surface area contributed by atoms with Crippen molar-refractivity contribution in [2.75, 3.05) is 45.9 Å². The van der Waals surface area contributed by atoms with E-state index in [9.17, 15) is 0 Å². The smallest absolute Gasteiger partial charge is 0.0431 e. The van der Waals surface area contributed by atoms with Gasteiger partial charge in [0.05, 0.1) is 0 Å². The maximum atomic E-state index is 8.71. The summed E-state index contributed by atoms with van der Waals surface area (Å²) in [6.45, 7) is 9.95. The van der Waals surface area contributed by atoms with Crippen LogP contribution < -0.4 is 0 Å². The first kappa shape index (κ1) is 12.9. The SMILES string of the molecule is CCCCN1CCN(CCCCO)CC1. The minimum atomic E-state index is 0.344. The molecule has 1 saturated heterocycles. The Morgan fingerprint density at radius 3 is 1.87 bits per heavy atom. The summed E-state index contributed by atoms with van der Waals surface area (Å²) < 4.78 is 0. The maximum Gasteiger partial charge on any atom is 0.0431 e. The van der Waals surface area contributed by atoms with Gasteiger partial charge < -0.3 is 14.9 Å². The van der Waals surface area contributed by atoms with E-state index in [1.807, 2.05) is 0 Å². The fourth-order valence-electron chi connectivity index (χ4n) is 2.07. The van der Waals surface area contributed by atoms with Crippen molar-refractivity contribution in [1.82, 2.24) is 9.80 Å². The van der Waals surface area contributed by atoms with Crippen molar-refractivity contribution in [3.63, 3.8) is 0 Å². The fraction of sp³-hybridized carbons (Fsp3) is 1.00. The summed E-state index contributed by atoms with van der Waals surface area (Å²) in [6.07, 6.45) is 4.74. The van der Waals surface area contributed by atoms with Gasteiger partial charge >= 0.3 is 0 Å². The summed E-state index contributed by atoms with van der Waals surface area (Å²) in [5.41, 5.74) is 0. The Kier molecular flexibility index (Phi) is 6.98. The van der Waals surface area contributed by atoms with E-state index in [0.29, 0.717) is 6.61 Å². The molecule has 0 unspecified atom stereocenters. The summed E-state index contributed by atoms with van der Waals surface area (Å²) in [7, 11) is 0. The predicted molar refractivity (Wildman–Crippen MR) is 64.1 cm³/mol. The summed E-state index contributed by atoms with van der Waals surface area (Å²) in [5.74, 6) is 0. The van der Waals surface area contributed by atoms with Crippen LogP contribution >= 0.6 is 0 Å². The lowest BCUT2D eigenvalue weighted by atomic mass is 10.2. The zero-order valence-corrected chi connectivity index (χ0v) is 10.1. The normalized spacial score (nSPS) is 19.6. The van der Waals surface area contributed by atoms with Crippen molar-refractivity contribution in [2.45, 2.75) is 32.6 Å². The average Bonchev–Trinajstić information content (AvgIpc) is 2.28. The first-order chi connectivity index (χ1) is 7.36. The van der Waals surface area contributed by atoms with E-state index in [-0.39, 0.29) is 0 Å². The molecule has 0 saturated carbocycles. The van der Waals surface area contributed by atoms with Crippen molar-refractivity contribution in [1.29, 1.82) is 0 Å². The maximum absolute atomic E-state index is 8.71. The Morgan fingerprint density at radius 2 is 1.40 bits per heavy atom. The van der Waals surface area contributed by atoms with Crippen LogP contribution in [-0.2, 0) is 0 Å². The molecule has 3 nitrogen and oxygen atoms in total. The van der Waals surface area contributed by atoms with Crippen LogP contribution in [-0.4, -0.2) is 60.8 Å². The van der Waals surface area contributed by atoms with Gasteiger partial charge in [0.25, 0.3) is 0 Å². The highest BCUT2D eigenvalue weighted by Crippen LogP contribution is 2.04. The first-order valence-corrected chi connectivity index (χ1v) is 6.42. The van der Waals surface area contributed by atoms with Crippen LogP contribution in [0.1, 0.15) is 32.6 Å². The van der Waals surface area contributed by atoms with Gasteiger partial charge in [-0.15, -0.1) is 0 Å². The highest BCUT2D eigenvalue weighted by Gasteiger charge is 2.15. The van der Waals surface area contributed by atoms with Crippen LogP contribution in [0.15, 0.2) is 0 Å². The second-order valence-corrected chi connectivity index (χ2v) is 4.47. The van der Waals surface area contributed by atoms with Gasteiger partial charge in [-0.25, -0.2) is 0 Å². The number of unbranched alkanes of at least 4 members (excludes halogenated alkanes) is 2. The molecule has 0 amide bonds. The predicted octanol–water partition coefficient (Wildman–Crippen LogP) is 1.18. The molecular formula is C12H26N2O. The molecule has 0 aromatic rings. The van der Waals surface area contributed by atoms with E-state index in [2.05, 4.69) is 16.7 Å². The second-order valence-electron chi connectivity index (χ2n) is 4.47. The fourth-order valence-corrected chi connectivity index (χ4v) is 2.07. The lowest BCUT2D eigenvalue weighted by molar-refractivity contribution is 0.127. The van der Waals surface area contributed by atoms with Crippen molar-refractivity contribution in [3.05, 3.63) is 0 Å². The van der Waals surface area contributed by atoms with Crippen molar-refractivity contribution in [3.8, 4) is 0 Å². The van der Waals surface area contributed by atoms with E-state index in [0.717, 1.165) is 12.8 Å². The Balaban J connectivity index is 2.02. The summed E-state index contributed by atoms with van der Waals surface area (Å²) in [5, 5.41) is 8.71. The lowest BCUT2D eigenvalue weighted by Crippen LogP contribution is -2.46. The number of aliphatic hydroxyl groups excluding tert-OH is 1. The van der Waals surface area contributed by atoms with Gasteiger partial charge in [-0.1, -0.05) is 13.3 Å². The molecule has 1 fully saturated rings.